The van der Waals surface area contributed by atoms with E-state index in [1.54, 1.807) is 12.4 Å². The number of aromatic nitrogens is 2. The van der Waals surface area contributed by atoms with Crippen LogP contribution in [0.25, 0.3) is 11.0 Å². The van der Waals surface area contributed by atoms with Crippen molar-refractivity contribution in [2.75, 3.05) is 37.0 Å². The van der Waals surface area contributed by atoms with Gasteiger partial charge in [0.15, 0.2) is 0 Å². The highest BCUT2D eigenvalue weighted by Gasteiger charge is 2.23. The van der Waals surface area contributed by atoms with Gasteiger partial charge in [0.05, 0.1) is 21.2 Å². The molecule has 7 nitrogen and oxygen atoms in total. The molecule has 0 aromatic carbocycles. The number of ether oxygens (including phenoxy) is 1. The Balaban J connectivity index is 0.00000208. The number of nitrogens with zero attached hydrogens (tertiary/aromatic N) is 2. The third-order valence-electron chi connectivity index (χ3n) is 3.95. The first kappa shape index (κ1) is 19.0. The number of piperidine rings is 1. The minimum absolute atomic E-state index is 0. The lowest BCUT2D eigenvalue weighted by Crippen LogP contribution is -2.43. The van der Waals surface area contributed by atoms with Crippen molar-refractivity contribution in [3.8, 4) is 0 Å². The number of carbonyl (C=O) groups is 1. The number of aromatic amines is 1. The molecule has 1 aliphatic rings. The van der Waals surface area contributed by atoms with E-state index in [2.05, 4.69) is 36.1 Å². The molecule has 24 heavy (non-hydrogen) atoms. The fourth-order valence-electron chi connectivity index (χ4n) is 2.99. The first-order valence-electron chi connectivity index (χ1n) is 7.55. The van der Waals surface area contributed by atoms with Gasteiger partial charge in [0, 0.05) is 38.6 Å². The highest BCUT2D eigenvalue weighted by molar-refractivity contribution is 9.10. The molecule has 0 radical (unpaired) electrons. The molecular formula is C15H21BrClN5O2. The number of methoxy groups -OCH3 is 1. The Hall–Kier alpha value is -1.35. The summed E-state index contributed by atoms with van der Waals surface area (Å²) in [6.45, 7) is 1.73. The van der Waals surface area contributed by atoms with Crippen LogP contribution in [0.2, 0.25) is 0 Å². The summed E-state index contributed by atoms with van der Waals surface area (Å²) in [5.41, 5.74) is 8.57. The van der Waals surface area contributed by atoms with Gasteiger partial charge >= 0.3 is 0 Å². The molecule has 9 heteroatoms. The highest BCUT2D eigenvalue weighted by atomic mass is 79.9. The van der Waals surface area contributed by atoms with Gasteiger partial charge in [0.25, 0.3) is 0 Å². The zero-order chi connectivity index (χ0) is 16.4. The number of nitrogens with one attached hydrogen (secondary N) is 2. The minimum Gasteiger partial charge on any atom is -0.375 e. The third kappa shape index (κ3) is 3.83. The summed E-state index contributed by atoms with van der Waals surface area (Å²) < 4.78 is 5.76. The number of amides is 1. The first-order chi connectivity index (χ1) is 11.1. The number of carbonyl (C=O) groups excluding carboxylic acids is 1. The lowest BCUT2D eigenvalue weighted by molar-refractivity contribution is -0.119. The summed E-state index contributed by atoms with van der Waals surface area (Å²) in [6, 6.07) is 0.157. The maximum Gasteiger partial charge on any atom is 0.250 e. The van der Waals surface area contributed by atoms with E-state index >= 15 is 0 Å². The van der Waals surface area contributed by atoms with E-state index < -0.39 is 0 Å². The number of rotatable bonds is 4. The van der Waals surface area contributed by atoms with Crippen molar-refractivity contribution in [2.24, 2.45) is 5.73 Å². The quantitative estimate of drug-likeness (QED) is 0.708. The molecule has 1 fully saturated rings. The van der Waals surface area contributed by atoms with Gasteiger partial charge in [0.1, 0.15) is 12.3 Å². The van der Waals surface area contributed by atoms with Crippen LogP contribution < -0.4 is 16.0 Å². The lowest BCUT2D eigenvalue weighted by Gasteiger charge is -2.33. The second-order valence-electron chi connectivity index (χ2n) is 5.71. The van der Waals surface area contributed by atoms with Crippen LogP contribution >= 0.6 is 28.3 Å². The zero-order valence-electron chi connectivity index (χ0n) is 13.3. The predicted octanol–water partition coefficient (Wildman–Crippen LogP) is 2.26. The van der Waals surface area contributed by atoms with Crippen molar-refractivity contribution in [2.45, 2.75) is 18.9 Å². The van der Waals surface area contributed by atoms with Gasteiger partial charge in [-0.3, -0.25) is 4.79 Å². The maximum absolute atomic E-state index is 11.9. The van der Waals surface area contributed by atoms with E-state index in [9.17, 15) is 4.79 Å². The van der Waals surface area contributed by atoms with Crippen molar-refractivity contribution in [3.05, 3.63) is 16.9 Å². The number of H-pyrrole nitrogens is 1. The van der Waals surface area contributed by atoms with Crippen LogP contribution in [0.1, 0.15) is 12.8 Å². The molecule has 2 aromatic heterocycles. The summed E-state index contributed by atoms with van der Waals surface area (Å²) in [6.07, 6.45) is 5.61. The van der Waals surface area contributed by atoms with Crippen LogP contribution in [0.4, 0.5) is 11.4 Å². The molecule has 0 spiro atoms. The molecule has 1 aliphatic heterocycles. The molecule has 1 amide bonds. The van der Waals surface area contributed by atoms with Crippen LogP contribution in [0.5, 0.6) is 0 Å². The zero-order valence-corrected chi connectivity index (χ0v) is 15.7. The summed E-state index contributed by atoms with van der Waals surface area (Å²) in [5, 5.41) is 3.76. The van der Waals surface area contributed by atoms with Crippen molar-refractivity contribution in [1.29, 1.82) is 0 Å². The third-order valence-corrected chi connectivity index (χ3v) is 4.53. The van der Waals surface area contributed by atoms with Crippen LogP contribution in [0.15, 0.2) is 16.9 Å². The molecule has 0 bridgehead atoms. The van der Waals surface area contributed by atoms with Crippen molar-refractivity contribution in [3.63, 3.8) is 0 Å². The number of hydrogen-bond donors (Lipinski definition) is 3. The van der Waals surface area contributed by atoms with Gasteiger partial charge in [-0.15, -0.1) is 12.4 Å². The number of pyridine rings is 1. The molecule has 0 aliphatic carbocycles. The Labute approximate surface area is 154 Å². The van der Waals surface area contributed by atoms with E-state index in [4.69, 9.17) is 10.5 Å². The topological polar surface area (TPSA) is 96.3 Å². The standard InChI is InChI=1S/C15H20BrN5O2.ClH/c1-23-8-12(22)20-11-6-19-15-13(11)14(10(16)5-18-15)21-4-2-3-9(17)7-21;/h5-6,9H,2-4,7-8,17H2,1H3,(H,18,19)(H,20,22);1H/t9-;/m1./s1. The van der Waals surface area contributed by atoms with Gasteiger partial charge < -0.3 is 25.7 Å². The Morgan fingerprint density at radius 2 is 2.42 bits per heavy atom. The number of fused-ring (bicyclic) bond motifs is 1. The van der Waals surface area contributed by atoms with Crippen molar-refractivity contribution >= 4 is 56.7 Å². The normalized spacial score (nSPS) is 17.6. The lowest BCUT2D eigenvalue weighted by atomic mass is 10.1. The first-order valence-corrected chi connectivity index (χ1v) is 8.34. The van der Waals surface area contributed by atoms with Crippen LogP contribution in [-0.4, -0.2) is 48.7 Å². The van der Waals surface area contributed by atoms with Gasteiger partial charge in [-0.05, 0) is 28.8 Å². The van der Waals surface area contributed by atoms with E-state index in [0.717, 1.165) is 47.1 Å². The van der Waals surface area contributed by atoms with Crippen LogP contribution in [-0.2, 0) is 9.53 Å². The summed E-state index contributed by atoms with van der Waals surface area (Å²) >= 11 is 3.59. The monoisotopic (exact) mass is 417 g/mol. The Morgan fingerprint density at radius 3 is 3.12 bits per heavy atom. The van der Waals surface area contributed by atoms with Gasteiger partial charge in [0.2, 0.25) is 5.91 Å². The van der Waals surface area contributed by atoms with Crippen LogP contribution in [0, 0.1) is 0 Å². The van der Waals surface area contributed by atoms with E-state index in [1.165, 1.54) is 7.11 Å². The summed E-state index contributed by atoms with van der Waals surface area (Å²) in [5.74, 6) is -0.199. The second-order valence-corrected chi connectivity index (χ2v) is 6.56. The number of nitrogens with two attached hydrogens (primary N) is 1. The fraction of sp³-hybridized carbons (Fsp3) is 0.467. The number of halogens is 2. The SMILES string of the molecule is COCC(=O)Nc1c[nH]c2ncc(Br)c(N3CCC[C@@H](N)C3)c12.Cl. The molecule has 4 N–H and O–H groups in total. The Bertz CT molecular complexity index is 723. The molecule has 2 aromatic rings. The molecule has 132 valence electrons. The Kier molecular flexibility index (Phi) is 6.45. The number of hydrogen-bond acceptors (Lipinski definition) is 5. The molecule has 0 unspecified atom stereocenters. The fourth-order valence-corrected chi connectivity index (χ4v) is 3.55. The molecule has 3 rings (SSSR count). The van der Waals surface area contributed by atoms with Crippen molar-refractivity contribution in [1.82, 2.24) is 9.97 Å². The van der Waals surface area contributed by atoms with Crippen molar-refractivity contribution < 1.29 is 9.53 Å². The summed E-state index contributed by atoms with van der Waals surface area (Å²) in [4.78, 5) is 21.6. The van der Waals surface area contributed by atoms with E-state index in [-0.39, 0.29) is 31.0 Å². The molecular weight excluding hydrogens is 398 g/mol. The average molecular weight is 419 g/mol. The number of anilines is 2. The molecule has 1 atom stereocenters. The van der Waals surface area contributed by atoms with E-state index in [1.807, 2.05) is 0 Å². The predicted molar refractivity (Wildman–Crippen MR) is 101 cm³/mol. The minimum atomic E-state index is -0.199. The van der Waals surface area contributed by atoms with Gasteiger partial charge in [-0.25, -0.2) is 4.98 Å². The molecule has 0 saturated carbocycles. The van der Waals surface area contributed by atoms with Gasteiger partial charge in [-0.1, -0.05) is 0 Å². The average Bonchev–Trinajstić information content (AvgIpc) is 2.90. The highest BCUT2D eigenvalue weighted by Crippen LogP contribution is 2.38. The smallest absolute Gasteiger partial charge is 0.250 e. The van der Waals surface area contributed by atoms with Crippen LogP contribution in [0.3, 0.4) is 0 Å². The molecule has 1 saturated heterocycles. The Morgan fingerprint density at radius 1 is 1.62 bits per heavy atom. The van der Waals surface area contributed by atoms with Gasteiger partial charge in [-0.2, -0.15) is 0 Å². The molecule has 3 heterocycles. The maximum atomic E-state index is 11.9. The largest absolute Gasteiger partial charge is 0.375 e. The van der Waals surface area contributed by atoms with E-state index in [0.29, 0.717) is 5.69 Å². The second kappa shape index (κ2) is 8.15. The summed E-state index contributed by atoms with van der Waals surface area (Å²) in [7, 11) is 1.49.